The number of nitrogens with one attached hydrogen (secondary N) is 2. The van der Waals surface area contributed by atoms with E-state index in [2.05, 4.69) is 15.6 Å². The van der Waals surface area contributed by atoms with Crippen molar-refractivity contribution in [2.75, 3.05) is 5.32 Å². The Kier molecular flexibility index (Phi) is 5.20. The fraction of sp³-hybridized carbons (Fsp3) is 0.0455. The van der Waals surface area contributed by atoms with Gasteiger partial charge in [-0.15, -0.1) is 0 Å². The maximum absolute atomic E-state index is 12.4. The van der Waals surface area contributed by atoms with Crippen molar-refractivity contribution in [1.82, 2.24) is 14.9 Å². The van der Waals surface area contributed by atoms with Crippen LogP contribution in [0.1, 0.15) is 26.5 Å². The molecule has 2 aromatic heterocycles. The van der Waals surface area contributed by atoms with Crippen LogP contribution in [0.15, 0.2) is 90.1 Å². The standard InChI is InChI=1S/C22H18N4O3/c27-21(17-5-9-19(10-6-17)26-12-11-23-15-26)24-14-16-3-7-18(8-4-16)25-22(28)20-2-1-13-29-20/h1-13,15H,14H2,(H,24,27)(H,25,28). The molecule has 2 aromatic carbocycles. The SMILES string of the molecule is O=C(NCc1ccc(NC(=O)c2ccco2)cc1)c1ccc(-n2ccnc2)cc1. The molecule has 4 rings (SSSR count). The zero-order chi connectivity index (χ0) is 20.1. The average Bonchev–Trinajstić information content (AvgIpc) is 3.47. The third kappa shape index (κ3) is 4.41. The molecule has 0 aliphatic rings. The lowest BCUT2D eigenvalue weighted by molar-refractivity contribution is 0.0950. The summed E-state index contributed by atoms with van der Waals surface area (Å²) in [6, 6.07) is 17.8. The van der Waals surface area contributed by atoms with Crippen molar-refractivity contribution in [1.29, 1.82) is 0 Å². The molecule has 2 N–H and O–H groups in total. The van der Waals surface area contributed by atoms with Crippen LogP contribution in [0, 0.1) is 0 Å². The lowest BCUT2D eigenvalue weighted by Crippen LogP contribution is -2.22. The normalized spacial score (nSPS) is 10.5. The predicted molar refractivity (Wildman–Crippen MR) is 108 cm³/mol. The highest BCUT2D eigenvalue weighted by molar-refractivity contribution is 6.02. The van der Waals surface area contributed by atoms with Gasteiger partial charge in [-0.05, 0) is 54.1 Å². The first-order chi connectivity index (χ1) is 14.2. The largest absolute Gasteiger partial charge is 0.459 e. The summed E-state index contributed by atoms with van der Waals surface area (Å²) in [4.78, 5) is 28.3. The number of benzene rings is 2. The number of hydrogen-bond donors (Lipinski definition) is 2. The van der Waals surface area contributed by atoms with E-state index in [1.807, 2.05) is 35.0 Å². The summed E-state index contributed by atoms with van der Waals surface area (Å²) in [7, 11) is 0. The predicted octanol–water partition coefficient (Wildman–Crippen LogP) is 3.65. The number of aromatic nitrogens is 2. The molecule has 0 bridgehead atoms. The zero-order valence-electron chi connectivity index (χ0n) is 15.4. The van der Waals surface area contributed by atoms with Gasteiger partial charge in [0.05, 0.1) is 12.6 Å². The van der Waals surface area contributed by atoms with Crippen LogP contribution in [0.2, 0.25) is 0 Å². The monoisotopic (exact) mass is 386 g/mol. The molecule has 7 heteroatoms. The van der Waals surface area contributed by atoms with Crippen molar-refractivity contribution in [3.8, 4) is 5.69 Å². The number of imidazole rings is 1. The third-order valence-electron chi connectivity index (χ3n) is 4.34. The number of carbonyl (C=O) groups excluding carboxylic acids is 2. The second-order valence-corrected chi connectivity index (χ2v) is 6.33. The molecule has 0 spiro atoms. The van der Waals surface area contributed by atoms with Crippen LogP contribution in [-0.4, -0.2) is 21.4 Å². The molecule has 4 aromatic rings. The summed E-state index contributed by atoms with van der Waals surface area (Å²) in [6.45, 7) is 0.383. The maximum atomic E-state index is 12.4. The van der Waals surface area contributed by atoms with Crippen LogP contribution in [0.4, 0.5) is 5.69 Å². The lowest BCUT2D eigenvalue weighted by atomic mass is 10.1. The molecule has 0 radical (unpaired) electrons. The molecule has 2 amide bonds. The molecule has 29 heavy (non-hydrogen) atoms. The van der Waals surface area contributed by atoms with Gasteiger partial charge in [0.2, 0.25) is 0 Å². The Bertz CT molecular complexity index is 1080. The maximum Gasteiger partial charge on any atom is 0.291 e. The Morgan fingerprint density at radius 2 is 1.76 bits per heavy atom. The number of anilines is 1. The fourth-order valence-corrected chi connectivity index (χ4v) is 2.79. The van der Waals surface area contributed by atoms with E-state index in [4.69, 9.17) is 4.42 Å². The van der Waals surface area contributed by atoms with E-state index in [0.717, 1.165) is 11.3 Å². The van der Waals surface area contributed by atoms with Gasteiger partial charge in [0.1, 0.15) is 0 Å². The number of carbonyl (C=O) groups is 2. The first-order valence-corrected chi connectivity index (χ1v) is 8.99. The Hall–Kier alpha value is -4.13. The van der Waals surface area contributed by atoms with E-state index in [1.54, 1.807) is 48.9 Å². The molecule has 0 fully saturated rings. The molecule has 0 aliphatic heterocycles. The fourth-order valence-electron chi connectivity index (χ4n) is 2.79. The summed E-state index contributed by atoms with van der Waals surface area (Å²) in [5.74, 6) is -0.215. The number of amides is 2. The van der Waals surface area contributed by atoms with E-state index in [9.17, 15) is 9.59 Å². The summed E-state index contributed by atoms with van der Waals surface area (Å²) >= 11 is 0. The molecular weight excluding hydrogens is 368 g/mol. The second kappa shape index (κ2) is 8.26. The van der Waals surface area contributed by atoms with E-state index >= 15 is 0 Å². The number of rotatable bonds is 6. The topological polar surface area (TPSA) is 89.2 Å². The minimum atomic E-state index is -0.310. The second-order valence-electron chi connectivity index (χ2n) is 6.33. The Balaban J connectivity index is 1.31. The van der Waals surface area contributed by atoms with Crippen LogP contribution in [-0.2, 0) is 6.54 Å². The highest BCUT2D eigenvalue weighted by Gasteiger charge is 2.09. The molecule has 2 heterocycles. The van der Waals surface area contributed by atoms with Crippen molar-refractivity contribution in [3.63, 3.8) is 0 Å². The Morgan fingerprint density at radius 3 is 2.41 bits per heavy atom. The van der Waals surface area contributed by atoms with Gasteiger partial charge in [0.15, 0.2) is 5.76 Å². The quantitative estimate of drug-likeness (QED) is 0.529. The Morgan fingerprint density at radius 1 is 0.966 bits per heavy atom. The molecule has 0 aliphatic carbocycles. The van der Waals surface area contributed by atoms with Gasteiger partial charge in [-0.3, -0.25) is 9.59 Å². The van der Waals surface area contributed by atoms with Gasteiger partial charge in [-0.25, -0.2) is 4.98 Å². The van der Waals surface area contributed by atoms with Crippen molar-refractivity contribution in [2.24, 2.45) is 0 Å². The van der Waals surface area contributed by atoms with Gasteiger partial charge in [0.25, 0.3) is 11.8 Å². The molecule has 0 saturated carbocycles. The number of nitrogens with zero attached hydrogens (tertiary/aromatic N) is 2. The summed E-state index contributed by atoms with van der Waals surface area (Å²) in [5, 5.41) is 5.64. The van der Waals surface area contributed by atoms with E-state index in [1.165, 1.54) is 6.26 Å². The van der Waals surface area contributed by atoms with Gasteiger partial charge < -0.3 is 19.6 Å². The van der Waals surface area contributed by atoms with E-state index < -0.39 is 0 Å². The van der Waals surface area contributed by atoms with Gasteiger partial charge in [-0.1, -0.05) is 12.1 Å². The first-order valence-electron chi connectivity index (χ1n) is 8.99. The summed E-state index contributed by atoms with van der Waals surface area (Å²) < 4.78 is 6.93. The molecule has 0 unspecified atom stereocenters. The van der Waals surface area contributed by atoms with Crippen molar-refractivity contribution in [2.45, 2.75) is 6.54 Å². The molecule has 0 saturated heterocycles. The Labute approximate surface area is 167 Å². The average molecular weight is 386 g/mol. The highest BCUT2D eigenvalue weighted by Crippen LogP contribution is 2.13. The van der Waals surface area contributed by atoms with Crippen LogP contribution < -0.4 is 10.6 Å². The molecular formula is C22H18N4O3. The van der Waals surface area contributed by atoms with Crippen molar-refractivity contribution < 1.29 is 14.0 Å². The van der Waals surface area contributed by atoms with Crippen molar-refractivity contribution in [3.05, 3.63) is 103 Å². The van der Waals surface area contributed by atoms with Gasteiger partial charge >= 0.3 is 0 Å². The van der Waals surface area contributed by atoms with Crippen LogP contribution in [0.25, 0.3) is 5.69 Å². The number of hydrogen-bond acceptors (Lipinski definition) is 4. The summed E-state index contributed by atoms with van der Waals surface area (Å²) in [5.41, 5.74) is 3.09. The molecule has 0 atom stereocenters. The number of furan rings is 1. The first kappa shape index (κ1) is 18.2. The minimum absolute atomic E-state index is 0.155. The van der Waals surface area contributed by atoms with Crippen LogP contribution >= 0.6 is 0 Å². The van der Waals surface area contributed by atoms with Crippen LogP contribution in [0.5, 0.6) is 0 Å². The van der Waals surface area contributed by atoms with Crippen molar-refractivity contribution >= 4 is 17.5 Å². The smallest absolute Gasteiger partial charge is 0.291 e. The molecule has 7 nitrogen and oxygen atoms in total. The van der Waals surface area contributed by atoms with Gasteiger partial charge in [0, 0.05) is 35.9 Å². The van der Waals surface area contributed by atoms with E-state index in [0.29, 0.717) is 17.8 Å². The minimum Gasteiger partial charge on any atom is -0.459 e. The van der Waals surface area contributed by atoms with Gasteiger partial charge in [-0.2, -0.15) is 0 Å². The lowest BCUT2D eigenvalue weighted by Gasteiger charge is -2.08. The van der Waals surface area contributed by atoms with E-state index in [-0.39, 0.29) is 17.6 Å². The van der Waals surface area contributed by atoms with Crippen LogP contribution in [0.3, 0.4) is 0 Å². The summed E-state index contributed by atoms with van der Waals surface area (Å²) in [6.07, 6.45) is 6.70. The third-order valence-corrected chi connectivity index (χ3v) is 4.34. The highest BCUT2D eigenvalue weighted by atomic mass is 16.3. The zero-order valence-corrected chi connectivity index (χ0v) is 15.4. The molecule has 144 valence electrons.